The number of pyridine rings is 1. The van der Waals surface area contributed by atoms with Gasteiger partial charge in [0.05, 0.1) is 19.5 Å². The molecule has 0 aliphatic carbocycles. The quantitative estimate of drug-likeness (QED) is 0.185. The smallest absolute Gasteiger partial charge is 0.0943 e. The minimum atomic E-state index is 0. The Morgan fingerprint density at radius 3 is 0.963 bits per heavy atom. The van der Waals surface area contributed by atoms with Gasteiger partial charge in [0.1, 0.15) is 0 Å². The second kappa shape index (κ2) is 85.9. The fraction of sp³-hybridized carbons (Fsp3) is 0.690. The van der Waals surface area contributed by atoms with Crippen molar-refractivity contribution in [2.24, 2.45) is 7.05 Å². The van der Waals surface area contributed by atoms with E-state index in [-0.39, 0.29) is 7.43 Å². The molecule has 4 aliphatic rings. The van der Waals surface area contributed by atoms with Crippen LogP contribution in [0.5, 0.6) is 0 Å². The molecule has 2 aromatic heterocycles. The first-order valence-corrected chi connectivity index (χ1v) is 31.7. The van der Waals surface area contributed by atoms with Crippen LogP contribution in [0.4, 0.5) is 5.69 Å². The number of morpholine rings is 1. The number of rotatable bonds is 4. The summed E-state index contributed by atoms with van der Waals surface area (Å²) in [6.07, 6.45) is 23.0. The van der Waals surface area contributed by atoms with Crippen LogP contribution in [0.15, 0.2) is 117 Å². The highest BCUT2D eigenvalue weighted by molar-refractivity contribution is 5.43. The normalized spacial score (nSPS) is 13.6. The fourth-order valence-electron chi connectivity index (χ4n) is 5.95. The molecule has 11 nitrogen and oxygen atoms in total. The number of aryl methyl sites for hydroxylation is 3. The minimum absolute atomic E-state index is 0. The van der Waals surface area contributed by atoms with Crippen LogP contribution in [0.2, 0.25) is 0 Å². The lowest BCUT2D eigenvalue weighted by molar-refractivity contribution is 0.0503. The number of piperazine rings is 1. The minimum Gasteiger partial charge on any atom is -0.379 e. The molecule has 0 radical (unpaired) electrons. The van der Waals surface area contributed by atoms with Crippen molar-refractivity contribution in [2.45, 2.75) is 176 Å². The Morgan fingerprint density at radius 1 is 0.476 bits per heavy atom. The van der Waals surface area contributed by atoms with Gasteiger partial charge in [0.2, 0.25) is 0 Å². The number of ether oxygens (including phenoxy) is 1. The van der Waals surface area contributed by atoms with Gasteiger partial charge in [-0.2, -0.15) is 0 Å². The maximum absolute atomic E-state index is 5.10. The summed E-state index contributed by atoms with van der Waals surface area (Å²) in [6.45, 7) is 51.6. The zero-order valence-electron chi connectivity index (χ0n) is 59.0. The summed E-state index contributed by atoms with van der Waals surface area (Å²) in [7, 11) is 21.0. The number of nitrogens with zero attached hydrogens (tertiary/aromatic N) is 10. The van der Waals surface area contributed by atoms with Gasteiger partial charge >= 0.3 is 0 Å². The molecule has 0 amide bonds. The zero-order valence-corrected chi connectivity index (χ0v) is 59.0. The van der Waals surface area contributed by atoms with Crippen molar-refractivity contribution in [3.05, 3.63) is 128 Å². The van der Waals surface area contributed by atoms with Crippen molar-refractivity contribution < 1.29 is 4.74 Å². The molecule has 0 spiro atoms. The fourth-order valence-corrected chi connectivity index (χ4v) is 5.95. The third kappa shape index (κ3) is 92.5. The number of likely N-dealkylation sites (N-methyl/N-ethyl adjacent to an activating group) is 3. The average Bonchev–Trinajstić information content (AvgIpc) is 4.20. The molecule has 4 aromatic rings. The Balaban J connectivity index is -0.000000101. The van der Waals surface area contributed by atoms with Gasteiger partial charge in [-0.3, -0.25) is 4.98 Å². The number of imidazole rings is 1. The summed E-state index contributed by atoms with van der Waals surface area (Å²) in [5, 5.41) is 0. The highest BCUT2D eigenvalue weighted by atomic mass is 16.5. The summed E-state index contributed by atoms with van der Waals surface area (Å²) in [4.78, 5) is 23.6. The predicted molar refractivity (Wildman–Crippen MR) is 379 cm³/mol. The lowest BCUT2D eigenvalue weighted by Gasteiger charge is -2.28. The molecule has 0 saturated carbocycles. The number of likely N-dealkylation sites (tertiary alicyclic amines) is 2. The molecule has 0 atom stereocenters. The molecule has 4 fully saturated rings. The molecule has 4 aliphatic heterocycles. The van der Waals surface area contributed by atoms with Crippen molar-refractivity contribution in [1.29, 1.82) is 0 Å². The highest BCUT2D eigenvalue weighted by Crippen LogP contribution is 2.07. The summed E-state index contributed by atoms with van der Waals surface area (Å²) < 4.78 is 6.99. The summed E-state index contributed by atoms with van der Waals surface area (Å²) in [5.41, 5.74) is 3.83. The number of benzene rings is 2. The predicted octanol–water partition coefficient (Wildman–Crippen LogP) is 17.3. The Hall–Kier alpha value is -3.94. The van der Waals surface area contributed by atoms with Gasteiger partial charge in [-0.1, -0.05) is 183 Å². The summed E-state index contributed by atoms with van der Waals surface area (Å²) in [6, 6.07) is 24.5. The van der Waals surface area contributed by atoms with E-state index in [1.807, 2.05) is 150 Å². The third-order valence-corrected chi connectivity index (χ3v) is 10.7. The van der Waals surface area contributed by atoms with E-state index in [1.165, 1.54) is 134 Å². The molecule has 0 unspecified atom stereocenters. The highest BCUT2D eigenvalue weighted by Gasteiger charge is 2.08. The summed E-state index contributed by atoms with van der Waals surface area (Å²) in [5.74, 6) is 0. The number of para-hydroxylation sites is 1. The number of hydrogen-bond acceptors (Lipinski definition) is 10. The zero-order chi connectivity index (χ0) is 63.8. The number of aromatic nitrogens is 3. The van der Waals surface area contributed by atoms with Crippen LogP contribution in [-0.4, -0.2) is 193 Å². The Morgan fingerprint density at radius 2 is 0.805 bits per heavy atom. The van der Waals surface area contributed by atoms with Crippen molar-refractivity contribution in [3.63, 3.8) is 0 Å². The van der Waals surface area contributed by atoms with Crippen molar-refractivity contribution in [1.82, 2.24) is 43.9 Å². The van der Waals surface area contributed by atoms with Crippen molar-refractivity contribution in [3.8, 4) is 0 Å². The van der Waals surface area contributed by atoms with Gasteiger partial charge < -0.3 is 43.6 Å². The molecule has 4 saturated heterocycles. The molecular weight excluding hydrogens is 1010 g/mol. The number of piperidine rings is 1. The second-order valence-electron chi connectivity index (χ2n) is 19.5. The van der Waals surface area contributed by atoms with E-state index in [9.17, 15) is 0 Å². The van der Waals surface area contributed by atoms with Crippen molar-refractivity contribution in [2.75, 3.05) is 154 Å². The van der Waals surface area contributed by atoms with Crippen LogP contribution in [-0.2, 0) is 11.8 Å². The SMILES string of the molecule is C.C=CC.CC.CC.CC.CC.CCC.CCCC.CCCN(C)C.CN(C)c1ccccc1.CN1CCCC1.CN1CCCCC1.CN1CCN(C)CC1.CN1CCOCC1.Cc1ccccc1.Cc1ccncc1.Cn1ccnc1. The number of allylic oxidation sites excluding steroid dienone is 1. The topological polar surface area (TPSA) is 62.6 Å². The van der Waals surface area contributed by atoms with E-state index in [0.717, 1.165) is 26.3 Å². The van der Waals surface area contributed by atoms with E-state index >= 15 is 0 Å². The van der Waals surface area contributed by atoms with Crippen LogP contribution < -0.4 is 4.90 Å². The molecule has 6 heterocycles. The van der Waals surface area contributed by atoms with Crippen LogP contribution in [0.3, 0.4) is 0 Å². The molecule has 82 heavy (non-hydrogen) atoms. The molecule has 0 bridgehead atoms. The molecule has 2 aromatic carbocycles. The molecule has 486 valence electrons. The monoisotopic (exact) mass is 1160 g/mol. The van der Waals surface area contributed by atoms with Gasteiger partial charge in [-0.25, -0.2) is 4.98 Å². The van der Waals surface area contributed by atoms with E-state index in [2.05, 4.69) is 166 Å². The van der Waals surface area contributed by atoms with Gasteiger partial charge in [0, 0.05) is 90.9 Å². The molecule has 0 N–H and O–H groups in total. The maximum atomic E-state index is 5.10. The van der Waals surface area contributed by atoms with Crippen LogP contribution in [0.25, 0.3) is 0 Å². The molecule has 11 heteroatoms. The Labute approximate surface area is 516 Å². The lowest BCUT2D eigenvalue weighted by Crippen LogP contribution is -2.42. The number of anilines is 1. The second-order valence-corrected chi connectivity index (χ2v) is 19.5. The van der Waals surface area contributed by atoms with E-state index in [1.54, 1.807) is 31.0 Å². The van der Waals surface area contributed by atoms with Gasteiger partial charge in [0.15, 0.2) is 0 Å². The third-order valence-electron chi connectivity index (χ3n) is 10.7. The van der Waals surface area contributed by atoms with Crippen LogP contribution in [0.1, 0.15) is 173 Å². The first kappa shape index (κ1) is 97.2. The average molecular weight is 1160 g/mol. The van der Waals surface area contributed by atoms with E-state index < -0.39 is 0 Å². The molecule has 8 rings (SSSR count). The van der Waals surface area contributed by atoms with Crippen molar-refractivity contribution >= 4 is 5.69 Å². The largest absolute Gasteiger partial charge is 0.379 e. The molecular formula is C71H146N10O. The van der Waals surface area contributed by atoms with Gasteiger partial charge in [-0.05, 0) is 165 Å². The van der Waals surface area contributed by atoms with E-state index in [0.29, 0.717) is 0 Å². The Kier molecular flexibility index (Phi) is 102. The first-order valence-electron chi connectivity index (χ1n) is 31.7. The summed E-state index contributed by atoms with van der Waals surface area (Å²) >= 11 is 0. The number of hydrogen-bond donors (Lipinski definition) is 0. The van der Waals surface area contributed by atoms with Crippen LogP contribution >= 0.6 is 0 Å². The standard InChI is InChI=1S/C8H11N.C7H8.C6H14N2.C6H7N.C6H13N.C5H11NO.C5H11N.C5H13N.C4H6N2.C4H10.C3H8.C3H6.4C2H6.CH4/c1-9(2)8-6-4-3-5-7-8;1-7-5-3-2-4-6-7;1-7-3-5-8(2)6-4-7;1-6-2-4-7-5-3-6;1-7-5-3-2-4-6-7;1-6-2-4-7-5-3-6;1-6-4-2-3-5-6;1-4-5-6(2)3;1-6-3-2-5-4-6;1-3-4-2;2*1-3-2;4*1-2;/h3-7H,1-2H3;2-6H,1H3;3-6H2,1-2H3;2-5H,1H3;2-6H2,1H3;2-5H2,1H3;2-5H2,1H3;4-5H2,1-3H3;2-4H,1H3;3-4H2,1-2H3;3H2,1-2H3;3H,1H2,2H3;4*1-2H3;1H4. The van der Waals surface area contributed by atoms with Crippen LogP contribution in [0, 0.1) is 13.8 Å². The van der Waals surface area contributed by atoms with Gasteiger partial charge in [0.25, 0.3) is 0 Å². The lowest BCUT2D eigenvalue weighted by atomic mass is 10.1. The Bertz CT molecular complexity index is 1490. The maximum Gasteiger partial charge on any atom is 0.0943 e. The number of unbranched alkanes of at least 4 members (excludes halogenated alkanes) is 1. The van der Waals surface area contributed by atoms with Gasteiger partial charge in [-0.15, -0.1) is 6.58 Å². The van der Waals surface area contributed by atoms with E-state index in [4.69, 9.17) is 4.74 Å². The first-order chi connectivity index (χ1) is 39.0.